The molecule has 0 radical (unpaired) electrons. The molecule has 0 saturated carbocycles. The molecule has 0 spiro atoms. The fraction of sp³-hybridized carbons (Fsp3) is 0.500. The number of epoxide rings is 1. The summed E-state index contributed by atoms with van der Waals surface area (Å²) in [6.45, 7) is 4.03. The molecule has 0 aromatic carbocycles. The molecule has 2 rings (SSSR count). The number of hydrogen-bond acceptors (Lipinski definition) is 5. The van der Waals surface area contributed by atoms with Crippen LogP contribution in [-0.2, 0) is 23.6 Å². The molecule has 0 amide bonds. The molecule has 0 N–H and O–H groups in total. The van der Waals surface area contributed by atoms with Crippen molar-refractivity contribution in [2.24, 2.45) is 0 Å². The van der Waals surface area contributed by atoms with E-state index in [0.717, 1.165) is 0 Å². The fourth-order valence-electron chi connectivity index (χ4n) is 1.20. The third-order valence-corrected chi connectivity index (χ3v) is 1.95. The van der Waals surface area contributed by atoms with E-state index in [9.17, 15) is 9.59 Å². The number of rotatable bonds is 1. The first-order chi connectivity index (χ1) is 6.65. The van der Waals surface area contributed by atoms with Crippen LogP contribution in [0.15, 0.2) is 12.2 Å². The summed E-state index contributed by atoms with van der Waals surface area (Å²) >= 11 is 0. The van der Waals surface area contributed by atoms with Gasteiger partial charge in [-0.25, -0.2) is 0 Å². The maximum absolute atomic E-state index is 11.2. The Morgan fingerprint density at radius 1 is 1.21 bits per heavy atom. The summed E-state index contributed by atoms with van der Waals surface area (Å²) in [5.74, 6) is -0.856. The summed E-state index contributed by atoms with van der Waals surface area (Å²) in [5.41, 5.74) is 0.509. The second-order valence-electron chi connectivity index (χ2n) is 3.32. The Kier molecular flexibility index (Phi) is 2.29. The molecule has 0 aromatic heterocycles. The molecule has 0 aromatic rings. The van der Waals surface area contributed by atoms with Gasteiger partial charge in [-0.1, -0.05) is 12.2 Å². The van der Waals surface area contributed by atoms with Gasteiger partial charge in [-0.15, -0.1) is 0 Å². The van der Waals surface area contributed by atoms with E-state index in [1.165, 1.54) is 0 Å². The molecule has 1 atom stereocenters. The fourth-order valence-corrected chi connectivity index (χ4v) is 1.20. The van der Waals surface area contributed by atoms with E-state index in [1.54, 1.807) is 0 Å². The molecule has 2 aliphatic rings. The van der Waals surface area contributed by atoms with Gasteiger partial charge in [0.1, 0.15) is 6.00 Å². The van der Waals surface area contributed by atoms with Crippen molar-refractivity contribution in [3.05, 3.63) is 12.2 Å². The minimum absolute atomic E-state index is 0.0678. The van der Waals surface area contributed by atoms with Crippen molar-refractivity contribution < 1.29 is 23.6 Å². The Labute approximate surface area is 81.1 Å². The molecule has 2 fully saturated rings. The molecule has 74 valence electrons. The van der Waals surface area contributed by atoms with Crippen molar-refractivity contribution in [1.29, 1.82) is 0 Å². The molecule has 0 unspecified atom stereocenters. The van der Waals surface area contributed by atoms with Gasteiger partial charge < -0.3 is 14.0 Å². The number of carbonyl (C=O) groups excluding carboxylic acids is 2. The third-order valence-electron chi connectivity index (χ3n) is 1.95. The molecule has 6 heteroatoms. The van der Waals surface area contributed by atoms with Crippen molar-refractivity contribution in [2.75, 3.05) is 6.61 Å². The average Bonchev–Trinajstić information content (AvgIpc) is 2.81. The largest absolute Gasteiger partial charge is 0.632 e. The summed E-state index contributed by atoms with van der Waals surface area (Å²) in [7, 11) is -0.872. The summed E-state index contributed by atoms with van der Waals surface area (Å²) in [6, 6.07) is -0.283. The standard InChI is InChI=1S/C8H9BO5/c1-5-2-7(10)13-9(6-4-12-6)14-8(11)3-5/h6H,1-4H2/t6-/m1/s1. The number of carbonyl (C=O) groups is 2. The molecule has 0 aliphatic carbocycles. The van der Waals surface area contributed by atoms with Crippen LogP contribution in [0.2, 0.25) is 0 Å². The second-order valence-corrected chi connectivity index (χ2v) is 3.32. The van der Waals surface area contributed by atoms with Crippen LogP contribution in [0.4, 0.5) is 0 Å². The van der Waals surface area contributed by atoms with E-state index < -0.39 is 19.1 Å². The van der Waals surface area contributed by atoms with Crippen molar-refractivity contribution in [1.82, 2.24) is 0 Å². The summed E-state index contributed by atoms with van der Waals surface area (Å²) in [4.78, 5) is 22.3. The lowest BCUT2D eigenvalue weighted by Gasteiger charge is -2.16. The smallest absolute Gasteiger partial charge is 0.497 e. The highest BCUT2D eigenvalue weighted by Gasteiger charge is 2.47. The van der Waals surface area contributed by atoms with Gasteiger partial charge in [-0.3, -0.25) is 9.59 Å². The Morgan fingerprint density at radius 3 is 2.14 bits per heavy atom. The van der Waals surface area contributed by atoms with Crippen molar-refractivity contribution in [3.8, 4) is 0 Å². The maximum Gasteiger partial charge on any atom is 0.632 e. The predicted octanol–water partition coefficient (Wildman–Crippen LogP) is -0.151. The van der Waals surface area contributed by atoms with Gasteiger partial charge in [0, 0.05) is 0 Å². The molecule has 0 bridgehead atoms. The quantitative estimate of drug-likeness (QED) is 0.331. The van der Waals surface area contributed by atoms with E-state index in [4.69, 9.17) is 14.0 Å². The van der Waals surface area contributed by atoms with E-state index in [1.807, 2.05) is 0 Å². The van der Waals surface area contributed by atoms with Gasteiger partial charge in [-0.05, 0) is 0 Å². The van der Waals surface area contributed by atoms with Gasteiger partial charge in [0.25, 0.3) is 11.9 Å². The van der Waals surface area contributed by atoms with E-state index in [2.05, 4.69) is 6.58 Å². The summed E-state index contributed by atoms with van der Waals surface area (Å²) < 4.78 is 14.7. The highest BCUT2D eigenvalue weighted by molar-refractivity contribution is 6.51. The van der Waals surface area contributed by atoms with E-state index >= 15 is 0 Å². The highest BCUT2D eigenvalue weighted by Crippen LogP contribution is 2.20. The lowest BCUT2D eigenvalue weighted by molar-refractivity contribution is -0.141. The lowest BCUT2D eigenvalue weighted by atomic mass is 9.84. The lowest BCUT2D eigenvalue weighted by Crippen LogP contribution is -2.36. The molecule has 2 saturated heterocycles. The van der Waals surface area contributed by atoms with Crippen LogP contribution in [-0.4, -0.2) is 31.7 Å². The molecular formula is C8H9BO5. The molecule has 2 heterocycles. The zero-order chi connectivity index (χ0) is 10.1. The zero-order valence-electron chi connectivity index (χ0n) is 7.52. The average molecular weight is 196 g/mol. The van der Waals surface area contributed by atoms with Gasteiger partial charge in [0.15, 0.2) is 0 Å². The van der Waals surface area contributed by atoms with Crippen molar-refractivity contribution >= 4 is 19.1 Å². The molecular weight excluding hydrogens is 187 g/mol. The predicted molar refractivity (Wildman–Crippen MR) is 46.1 cm³/mol. The van der Waals surface area contributed by atoms with Gasteiger partial charge in [0.05, 0.1) is 19.4 Å². The van der Waals surface area contributed by atoms with E-state index in [-0.39, 0.29) is 18.8 Å². The zero-order valence-corrected chi connectivity index (χ0v) is 7.52. The Bertz CT molecular complexity index is 274. The number of ether oxygens (including phenoxy) is 1. The SMILES string of the molecule is C=C1CC(=O)OB([C@H]2CO2)OC(=O)C1. The summed E-state index contributed by atoms with van der Waals surface area (Å²) in [5, 5.41) is 0. The Balaban J connectivity index is 2.03. The first kappa shape index (κ1) is 9.27. The van der Waals surface area contributed by atoms with Crippen LogP contribution in [0.1, 0.15) is 12.8 Å². The van der Waals surface area contributed by atoms with Gasteiger partial charge in [0.2, 0.25) is 0 Å². The molecule has 2 aliphatic heterocycles. The monoisotopic (exact) mass is 196 g/mol. The van der Waals surface area contributed by atoms with Crippen LogP contribution in [0.25, 0.3) is 0 Å². The van der Waals surface area contributed by atoms with Crippen LogP contribution < -0.4 is 0 Å². The second kappa shape index (κ2) is 3.45. The molecule has 14 heavy (non-hydrogen) atoms. The number of hydrogen-bond donors (Lipinski definition) is 0. The summed E-state index contributed by atoms with van der Waals surface area (Å²) in [6.07, 6.45) is 0.136. The minimum atomic E-state index is -0.872. The Morgan fingerprint density at radius 2 is 1.71 bits per heavy atom. The van der Waals surface area contributed by atoms with E-state index in [0.29, 0.717) is 12.2 Å². The molecule has 5 nitrogen and oxygen atoms in total. The van der Waals surface area contributed by atoms with Crippen LogP contribution in [0.5, 0.6) is 0 Å². The maximum atomic E-state index is 11.2. The first-order valence-electron chi connectivity index (χ1n) is 4.32. The Hall–Kier alpha value is -1.30. The van der Waals surface area contributed by atoms with Gasteiger partial charge >= 0.3 is 7.12 Å². The first-order valence-corrected chi connectivity index (χ1v) is 4.32. The topological polar surface area (TPSA) is 65.1 Å². The minimum Gasteiger partial charge on any atom is -0.497 e. The normalized spacial score (nSPS) is 27.6. The van der Waals surface area contributed by atoms with Crippen LogP contribution >= 0.6 is 0 Å². The highest BCUT2D eigenvalue weighted by atomic mass is 16.7. The van der Waals surface area contributed by atoms with Gasteiger partial charge in [-0.2, -0.15) is 0 Å². The third kappa shape index (κ3) is 2.14. The van der Waals surface area contributed by atoms with Crippen molar-refractivity contribution in [2.45, 2.75) is 18.8 Å². The van der Waals surface area contributed by atoms with Crippen LogP contribution in [0, 0.1) is 0 Å². The van der Waals surface area contributed by atoms with Crippen LogP contribution in [0.3, 0.4) is 0 Å². The van der Waals surface area contributed by atoms with Crippen molar-refractivity contribution in [3.63, 3.8) is 0 Å².